The van der Waals surface area contributed by atoms with Crippen LogP contribution in [0.5, 0.6) is 11.5 Å². The Morgan fingerprint density at radius 1 is 1.25 bits per heavy atom. The minimum absolute atomic E-state index is 0.217. The number of amides is 2. The minimum Gasteiger partial charge on any atom is -0.497 e. The minimum atomic E-state index is -0.666. The number of halogens is 2. The number of methoxy groups -OCH3 is 1. The lowest BCUT2D eigenvalue weighted by Crippen LogP contribution is -2.48. The van der Waals surface area contributed by atoms with Crippen molar-refractivity contribution < 1.29 is 19.1 Å². The van der Waals surface area contributed by atoms with Gasteiger partial charge < -0.3 is 19.7 Å². The largest absolute Gasteiger partial charge is 0.497 e. The zero-order valence-electron chi connectivity index (χ0n) is 15.9. The molecule has 28 heavy (non-hydrogen) atoms. The van der Waals surface area contributed by atoms with Crippen molar-refractivity contribution in [1.82, 2.24) is 10.2 Å². The number of rotatable bonds is 8. The van der Waals surface area contributed by atoms with Crippen LogP contribution < -0.4 is 14.8 Å². The van der Waals surface area contributed by atoms with E-state index in [9.17, 15) is 9.59 Å². The van der Waals surface area contributed by atoms with Crippen molar-refractivity contribution in [3.63, 3.8) is 0 Å². The van der Waals surface area contributed by atoms with Crippen LogP contribution in [0.25, 0.3) is 0 Å². The van der Waals surface area contributed by atoms with Crippen molar-refractivity contribution in [2.75, 3.05) is 20.8 Å². The molecular weight excluding hydrogens is 448 g/mol. The van der Waals surface area contributed by atoms with E-state index >= 15 is 0 Å². The summed E-state index contributed by atoms with van der Waals surface area (Å²) in [4.78, 5) is 26.5. The molecule has 2 aromatic carbocycles. The van der Waals surface area contributed by atoms with Crippen molar-refractivity contribution >= 4 is 39.3 Å². The van der Waals surface area contributed by atoms with Crippen LogP contribution in [-0.2, 0) is 16.1 Å². The Balaban J connectivity index is 2.17. The van der Waals surface area contributed by atoms with Crippen molar-refractivity contribution in [3.8, 4) is 11.5 Å². The molecule has 0 saturated heterocycles. The summed E-state index contributed by atoms with van der Waals surface area (Å²) in [6.45, 7) is 1.70. The maximum Gasteiger partial charge on any atom is 0.261 e. The fourth-order valence-electron chi connectivity index (χ4n) is 2.57. The summed E-state index contributed by atoms with van der Waals surface area (Å²) < 4.78 is 11.5. The van der Waals surface area contributed by atoms with E-state index in [4.69, 9.17) is 21.1 Å². The number of carbonyl (C=O) groups is 2. The normalized spacial score (nSPS) is 11.5. The first-order valence-electron chi connectivity index (χ1n) is 8.57. The quantitative estimate of drug-likeness (QED) is 0.641. The van der Waals surface area contributed by atoms with Gasteiger partial charge in [0.15, 0.2) is 6.61 Å². The van der Waals surface area contributed by atoms with Crippen LogP contribution in [0.3, 0.4) is 0 Å². The maximum atomic E-state index is 12.9. The first-order valence-corrected chi connectivity index (χ1v) is 9.74. The number of hydrogen-bond donors (Lipinski definition) is 1. The average molecular weight is 470 g/mol. The Labute approximate surface area is 177 Å². The first-order chi connectivity index (χ1) is 13.3. The number of likely N-dealkylation sites (N-methyl/N-ethyl adjacent to an activating group) is 1. The van der Waals surface area contributed by atoms with E-state index in [1.165, 1.54) is 11.9 Å². The number of ether oxygens (including phenoxy) is 2. The highest BCUT2D eigenvalue weighted by Gasteiger charge is 2.26. The Kier molecular flexibility index (Phi) is 8.14. The third kappa shape index (κ3) is 5.87. The van der Waals surface area contributed by atoms with Gasteiger partial charge in [-0.15, -0.1) is 0 Å². The van der Waals surface area contributed by atoms with Crippen molar-refractivity contribution in [1.29, 1.82) is 0 Å². The first kappa shape index (κ1) is 22.0. The molecule has 0 bridgehead atoms. The number of hydrogen-bond acceptors (Lipinski definition) is 4. The van der Waals surface area contributed by atoms with Crippen molar-refractivity contribution in [3.05, 3.63) is 57.5 Å². The molecule has 1 atom stereocenters. The van der Waals surface area contributed by atoms with Gasteiger partial charge in [-0.1, -0.05) is 23.7 Å². The van der Waals surface area contributed by atoms with Crippen LogP contribution in [0.1, 0.15) is 12.5 Å². The molecule has 6 nitrogen and oxygen atoms in total. The van der Waals surface area contributed by atoms with Gasteiger partial charge in [-0.05, 0) is 58.7 Å². The molecular formula is C20H22BrClN2O4. The van der Waals surface area contributed by atoms with Gasteiger partial charge in [-0.25, -0.2) is 0 Å². The third-order valence-electron chi connectivity index (χ3n) is 4.15. The third-order valence-corrected chi connectivity index (χ3v) is 5.00. The molecule has 0 fully saturated rings. The lowest BCUT2D eigenvalue weighted by Gasteiger charge is -2.28. The molecule has 0 aliphatic heterocycles. The maximum absolute atomic E-state index is 12.9. The molecule has 8 heteroatoms. The van der Waals surface area contributed by atoms with E-state index in [2.05, 4.69) is 21.2 Å². The summed E-state index contributed by atoms with van der Waals surface area (Å²) in [5, 5.41) is 3.13. The van der Waals surface area contributed by atoms with Crippen LogP contribution >= 0.6 is 27.5 Å². The van der Waals surface area contributed by atoms with Gasteiger partial charge in [0, 0.05) is 18.6 Å². The van der Waals surface area contributed by atoms with E-state index in [0.29, 0.717) is 21.0 Å². The van der Waals surface area contributed by atoms with Gasteiger partial charge in [0.25, 0.3) is 5.91 Å². The lowest BCUT2D eigenvalue weighted by atomic mass is 10.1. The van der Waals surface area contributed by atoms with Crippen LogP contribution in [0.2, 0.25) is 5.02 Å². The monoisotopic (exact) mass is 468 g/mol. The Morgan fingerprint density at radius 3 is 2.64 bits per heavy atom. The summed E-state index contributed by atoms with van der Waals surface area (Å²) >= 11 is 9.28. The van der Waals surface area contributed by atoms with E-state index < -0.39 is 6.04 Å². The van der Waals surface area contributed by atoms with Gasteiger partial charge in [0.1, 0.15) is 17.5 Å². The smallest absolute Gasteiger partial charge is 0.261 e. The standard InChI is InChI=1S/C20H22BrClN2O4/c1-13(20(26)23-2)24(11-14-5-4-6-16(9-14)27-3)19(25)12-28-18-8-7-15(22)10-17(18)21/h4-10,13H,11-12H2,1-3H3,(H,23,26)/t13-/m0/s1. The second-order valence-electron chi connectivity index (χ2n) is 6.03. The molecule has 0 heterocycles. The topological polar surface area (TPSA) is 67.9 Å². The van der Waals surface area contributed by atoms with E-state index in [1.807, 2.05) is 24.3 Å². The second-order valence-corrected chi connectivity index (χ2v) is 7.32. The van der Waals surface area contributed by atoms with Gasteiger partial charge in [-0.3, -0.25) is 9.59 Å². The van der Waals surface area contributed by atoms with Crippen LogP contribution in [0.4, 0.5) is 0 Å². The van der Waals surface area contributed by atoms with E-state index in [0.717, 1.165) is 5.56 Å². The van der Waals surface area contributed by atoms with Gasteiger partial charge in [-0.2, -0.15) is 0 Å². The van der Waals surface area contributed by atoms with Gasteiger partial charge in [0.05, 0.1) is 11.6 Å². The molecule has 0 radical (unpaired) electrons. The Hall–Kier alpha value is -2.25. The highest BCUT2D eigenvalue weighted by Crippen LogP contribution is 2.28. The zero-order valence-corrected chi connectivity index (χ0v) is 18.2. The van der Waals surface area contributed by atoms with E-state index in [-0.39, 0.29) is 25.0 Å². The summed E-state index contributed by atoms with van der Waals surface area (Å²) in [5.41, 5.74) is 0.844. The van der Waals surface area contributed by atoms with Gasteiger partial charge >= 0.3 is 0 Å². The van der Waals surface area contributed by atoms with Crippen LogP contribution in [0.15, 0.2) is 46.9 Å². The molecule has 0 aliphatic carbocycles. The van der Waals surface area contributed by atoms with Crippen molar-refractivity contribution in [2.24, 2.45) is 0 Å². The average Bonchev–Trinajstić information content (AvgIpc) is 2.70. The molecule has 0 unspecified atom stereocenters. The highest BCUT2D eigenvalue weighted by atomic mass is 79.9. The number of carbonyl (C=O) groups excluding carboxylic acids is 2. The van der Waals surface area contributed by atoms with Crippen LogP contribution in [-0.4, -0.2) is 43.5 Å². The summed E-state index contributed by atoms with van der Waals surface area (Å²) in [7, 11) is 3.11. The zero-order chi connectivity index (χ0) is 20.7. The molecule has 0 saturated carbocycles. The molecule has 2 rings (SSSR count). The molecule has 1 N–H and O–H groups in total. The van der Waals surface area contributed by atoms with Crippen LogP contribution in [0, 0.1) is 0 Å². The molecule has 2 aromatic rings. The molecule has 150 valence electrons. The van der Waals surface area contributed by atoms with Crippen molar-refractivity contribution in [2.45, 2.75) is 19.5 Å². The molecule has 0 aromatic heterocycles. The second kappa shape index (κ2) is 10.3. The molecule has 0 aliphatic rings. The fourth-order valence-corrected chi connectivity index (χ4v) is 3.37. The SMILES string of the molecule is CNC(=O)[C@H](C)N(Cc1cccc(OC)c1)C(=O)COc1ccc(Cl)cc1Br. The van der Waals surface area contributed by atoms with E-state index in [1.54, 1.807) is 32.2 Å². The summed E-state index contributed by atoms with van der Waals surface area (Å²) in [6, 6.07) is 11.7. The predicted molar refractivity (Wildman–Crippen MR) is 112 cm³/mol. The number of benzene rings is 2. The number of nitrogens with one attached hydrogen (secondary N) is 1. The summed E-state index contributed by atoms with van der Waals surface area (Å²) in [6.07, 6.45) is 0. The molecule has 2 amide bonds. The molecule has 0 spiro atoms. The Bertz CT molecular complexity index is 847. The predicted octanol–water partition coefficient (Wildman–Crippen LogP) is 3.65. The lowest BCUT2D eigenvalue weighted by molar-refractivity contribution is -0.142. The summed E-state index contributed by atoms with van der Waals surface area (Å²) in [5.74, 6) is 0.593. The fraction of sp³-hybridized carbons (Fsp3) is 0.300. The Morgan fingerprint density at radius 2 is 2.00 bits per heavy atom. The highest BCUT2D eigenvalue weighted by molar-refractivity contribution is 9.10. The number of nitrogens with zero attached hydrogens (tertiary/aromatic N) is 1. The van der Waals surface area contributed by atoms with Gasteiger partial charge in [0.2, 0.25) is 5.91 Å².